The topological polar surface area (TPSA) is 101 Å². The normalized spacial score (nSPS) is 26.2. The van der Waals surface area contributed by atoms with Crippen molar-refractivity contribution in [3.8, 4) is 5.75 Å². The highest BCUT2D eigenvalue weighted by molar-refractivity contribution is 6.35. The number of hydrogen-bond acceptors (Lipinski definition) is 7. The predicted octanol–water partition coefficient (Wildman–Crippen LogP) is 3.11. The summed E-state index contributed by atoms with van der Waals surface area (Å²) in [6.45, 7) is 5.17. The minimum Gasteiger partial charge on any atom is -0.494 e. The quantitative estimate of drug-likeness (QED) is 0.520. The van der Waals surface area contributed by atoms with E-state index >= 15 is 0 Å². The molecule has 1 aliphatic heterocycles. The van der Waals surface area contributed by atoms with Crippen molar-refractivity contribution < 1.29 is 29.5 Å². The lowest BCUT2D eigenvalue weighted by atomic mass is 9.91. The Bertz CT molecular complexity index is 917. The second kappa shape index (κ2) is 11.2. The average molecular weight is 464 g/mol. The molecule has 0 radical (unpaired) electrons. The number of aliphatic hydroxyl groups is 3. The first-order chi connectivity index (χ1) is 15.4. The zero-order valence-corrected chi connectivity index (χ0v) is 19.2. The van der Waals surface area contributed by atoms with Crippen molar-refractivity contribution in [1.29, 1.82) is 0 Å². The summed E-state index contributed by atoms with van der Waals surface area (Å²) in [5.41, 5.74) is 2.83. The van der Waals surface area contributed by atoms with Crippen molar-refractivity contribution in [3.05, 3.63) is 64.2 Å². The average Bonchev–Trinajstić information content (AvgIpc) is 2.80. The molecule has 5 atom stereocenters. The lowest BCUT2D eigenvalue weighted by Crippen LogP contribution is -2.54. The first-order valence-corrected chi connectivity index (χ1v) is 11.1. The second-order valence-corrected chi connectivity index (χ2v) is 7.97. The highest BCUT2D eigenvalue weighted by atomic mass is 35.5. The molecule has 3 rings (SSSR count). The number of aliphatic imine (C=N–C) groups is 1. The van der Waals surface area contributed by atoms with Gasteiger partial charge in [0.2, 0.25) is 0 Å². The van der Waals surface area contributed by atoms with Gasteiger partial charge in [0, 0.05) is 29.8 Å². The Kier molecular flexibility index (Phi) is 8.64. The number of hydrogen-bond donors (Lipinski definition) is 3. The van der Waals surface area contributed by atoms with Crippen LogP contribution in [-0.4, -0.2) is 65.9 Å². The van der Waals surface area contributed by atoms with Crippen LogP contribution in [0.15, 0.2) is 47.5 Å². The molecule has 1 fully saturated rings. The summed E-state index contributed by atoms with van der Waals surface area (Å²) in [4.78, 5) is 4.76. The van der Waals surface area contributed by atoms with Crippen molar-refractivity contribution in [2.75, 3.05) is 20.3 Å². The molecule has 32 heavy (non-hydrogen) atoms. The number of aliphatic hydroxyl groups excluding tert-OH is 3. The Hall–Kier alpha value is -2.00. The fourth-order valence-corrected chi connectivity index (χ4v) is 3.86. The molecule has 2 aromatic carbocycles. The van der Waals surface area contributed by atoms with Gasteiger partial charge in [-0.05, 0) is 55.3 Å². The smallest absolute Gasteiger partial charge is 0.186 e. The SMILES string of the molecule is CCCN=C(c1ccc(OCC)cc1)c1cc(C2O[C@H](OC)[C@@H](O)[C@H](O)C2O)ccc1Cl. The van der Waals surface area contributed by atoms with Gasteiger partial charge in [0.1, 0.15) is 30.2 Å². The minimum absolute atomic E-state index is 0.492. The maximum Gasteiger partial charge on any atom is 0.186 e. The van der Waals surface area contributed by atoms with E-state index in [1.54, 1.807) is 18.2 Å². The number of nitrogens with zero attached hydrogens (tertiary/aromatic N) is 1. The maximum absolute atomic E-state index is 10.5. The zero-order chi connectivity index (χ0) is 23.3. The highest BCUT2D eigenvalue weighted by Crippen LogP contribution is 2.35. The van der Waals surface area contributed by atoms with E-state index in [1.165, 1.54) is 7.11 Å². The molecule has 2 unspecified atom stereocenters. The van der Waals surface area contributed by atoms with Gasteiger partial charge in [-0.1, -0.05) is 24.6 Å². The number of rotatable bonds is 8. The largest absolute Gasteiger partial charge is 0.494 e. The molecule has 0 spiro atoms. The molecule has 1 aliphatic rings. The predicted molar refractivity (Wildman–Crippen MR) is 123 cm³/mol. The van der Waals surface area contributed by atoms with Crippen molar-refractivity contribution in [2.45, 2.75) is 51.0 Å². The Balaban J connectivity index is 2.01. The molecule has 174 valence electrons. The first kappa shape index (κ1) is 24.6. The monoisotopic (exact) mass is 463 g/mol. The van der Waals surface area contributed by atoms with Crippen LogP contribution in [0.4, 0.5) is 0 Å². The Morgan fingerprint density at radius 3 is 2.38 bits per heavy atom. The third-order valence-electron chi connectivity index (χ3n) is 5.31. The van der Waals surface area contributed by atoms with E-state index < -0.39 is 30.7 Å². The maximum atomic E-state index is 10.5. The summed E-state index contributed by atoms with van der Waals surface area (Å²) in [7, 11) is 1.37. The van der Waals surface area contributed by atoms with E-state index in [2.05, 4.69) is 0 Å². The summed E-state index contributed by atoms with van der Waals surface area (Å²) in [6, 6.07) is 12.8. The van der Waals surface area contributed by atoms with Gasteiger partial charge in [0.05, 0.1) is 12.3 Å². The summed E-state index contributed by atoms with van der Waals surface area (Å²) in [5.74, 6) is 0.766. The summed E-state index contributed by atoms with van der Waals surface area (Å²) < 4.78 is 16.4. The van der Waals surface area contributed by atoms with Crippen LogP contribution in [0.1, 0.15) is 43.1 Å². The third-order valence-corrected chi connectivity index (χ3v) is 5.64. The van der Waals surface area contributed by atoms with E-state index in [1.807, 2.05) is 38.1 Å². The van der Waals surface area contributed by atoms with E-state index in [-0.39, 0.29) is 0 Å². The van der Waals surface area contributed by atoms with Crippen LogP contribution in [0.25, 0.3) is 0 Å². The van der Waals surface area contributed by atoms with E-state index in [9.17, 15) is 15.3 Å². The van der Waals surface area contributed by atoms with Crippen LogP contribution < -0.4 is 4.74 Å². The molecule has 1 heterocycles. The molecule has 0 saturated carbocycles. The van der Waals surface area contributed by atoms with Gasteiger partial charge in [0.25, 0.3) is 0 Å². The van der Waals surface area contributed by atoms with Crippen LogP contribution in [0, 0.1) is 0 Å². The number of benzene rings is 2. The van der Waals surface area contributed by atoms with E-state index in [0.29, 0.717) is 35.0 Å². The summed E-state index contributed by atoms with van der Waals surface area (Å²) in [5, 5.41) is 31.3. The van der Waals surface area contributed by atoms with Crippen molar-refractivity contribution >= 4 is 17.3 Å². The summed E-state index contributed by atoms with van der Waals surface area (Å²) in [6.07, 6.45) is -5.24. The van der Waals surface area contributed by atoms with E-state index in [4.69, 9.17) is 30.8 Å². The molecule has 0 aliphatic carbocycles. The molecule has 1 saturated heterocycles. The van der Waals surface area contributed by atoms with Gasteiger partial charge in [0.15, 0.2) is 6.29 Å². The highest BCUT2D eigenvalue weighted by Gasteiger charge is 2.44. The molecule has 7 nitrogen and oxygen atoms in total. The van der Waals surface area contributed by atoms with Crippen molar-refractivity contribution in [2.24, 2.45) is 4.99 Å². The van der Waals surface area contributed by atoms with Crippen LogP contribution in [0.2, 0.25) is 5.02 Å². The van der Waals surface area contributed by atoms with Gasteiger partial charge in [-0.25, -0.2) is 0 Å². The van der Waals surface area contributed by atoms with Crippen LogP contribution >= 0.6 is 11.6 Å². The molecular formula is C24H30ClNO6. The van der Waals surface area contributed by atoms with Crippen LogP contribution in [0.5, 0.6) is 5.75 Å². The van der Waals surface area contributed by atoms with Gasteiger partial charge < -0.3 is 29.5 Å². The molecule has 3 N–H and O–H groups in total. The fraction of sp³-hybridized carbons (Fsp3) is 0.458. The van der Waals surface area contributed by atoms with Crippen molar-refractivity contribution in [1.82, 2.24) is 0 Å². The van der Waals surface area contributed by atoms with Gasteiger partial charge in [-0.2, -0.15) is 0 Å². The third kappa shape index (κ3) is 5.31. The number of halogens is 1. The zero-order valence-electron chi connectivity index (χ0n) is 18.4. The van der Waals surface area contributed by atoms with Crippen molar-refractivity contribution in [3.63, 3.8) is 0 Å². The van der Waals surface area contributed by atoms with Crippen LogP contribution in [0.3, 0.4) is 0 Å². The summed E-state index contributed by atoms with van der Waals surface area (Å²) >= 11 is 6.56. The number of ether oxygens (including phenoxy) is 3. The van der Waals surface area contributed by atoms with Gasteiger partial charge in [-0.3, -0.25) is 4.99 Å². The van der Waals surface area contributed by atoms with E-state index in [0.717, 1.165) is 17.7 Å². The Labute approximate surface area is 193 Å². The Morgan fingerprint density at radius 1 is 1.03 bits per heavy atom. The molecule has 8 heteroatoms. The van der Waals surface area contributed by atoms with Gasteiger partial charge in [-0.15, -0.1) is 0 Å². The molecular weight excluding hydrogens is 434 g/mol. The second-order valence-electron chi connectivity index (χ2n) is 7.56. The molecule has 2 aromatic rings. The number of methoxy groups -OCH3 is 1. The van der Waals surface area contributed by atoms with Gasteiger partial charge >= 0.3 is 0 Å². The minimum atomic E-state index is -1.42. The fourth-order valence-electron chi connectivity index (χ4n) is 3.65. The standard InChI is InChI=1S/C24H30ClNO6/c1-4-12-26-19(14-6-9-16(10-7-14)31-5-2)17-13-15(8-11-18(17)25)23-21(28)20(27)22(29)24(30-3)32-23/h6-11,13,20-24,27-29H,4-5,12H2,1-3H3/t20-,21?,22+,23?,24+/m1/s1. The lowest BCUT2D eigenvalue weighted by molar-refractivity contribution is -0.292. The molecule has 0 bridgehead atoms. The molecule has 0 amide bonds. The molecule has 0 aromatic heterocycles. The lowest BCUT2D eigenvalue weighted by Gasteiger charge is -2.40. The Morgan fingerprint density at radius 2 is 1.75 bits per heavy atom. The first-order valence-electron chi connectivity index (χ1n) is 10.7. The van der Waals surface area contributed by atoms with Crippen LogP contribution in [-0.2, 0) is 9.47 Å².